The maximum atomic E-state index is 12.9. The Bertz CT molecular complexity index is 772. The van der Waals surface area contributed by atoms with Crippen molar-refractivity contribution in [1.82, 2.24) is 0 Å². The first-order valence-electron chi connectivity index (χ1n) is 28.7. The van der Waals surface area contributed by atoms with Crippen molar-refractivity contribution in [3.63, 3.8) is 0 Å². The van der Waals surface area contributed by atoms with Gasteiger partial charge in [-0.2, -0.15) is 0 Å². The third kappa shape index (κ3) is 48.9. The van der Waals surface area contributed by atoms with Gasteiger partial charge in [-0.1, -0.05) is 290 Å². The molecular formula is C57H114O6. The summed E-state index contributed by atoms with van der Waals surface area (Å²) in [5.74, 6) is 0. The van der Waals surface area contributed by atoms with E-state index in [9.17, 15) is 4.79 Å². The molecule has 0 aliphatic carbocycles. The first kappa shape index (κ1) is 62.1. The van der Waals surface area contributed by atoms with E-state index >= 15 is 0 Å². The number of rotatable bonds is 55. The van der Waals surface area contributed by atoms with Gasteiger partial charge >= 0.3 is 6.16 Å². The maximum Gasteiger partial charge on any atom is 0.508 e. The number of aliphatic hydroxyl groups is 1. The monoisotopic (exact) mass is 895 g/mol. The number of hydrogen-bond acceptors (Lipinski definition) is 6. The molecule has 6 nitrogen and oxygen atoms in total. The molecule has 0 fully saturated rings. The van der Waals surface area contributed by atoms with Crippen LogP contribution in [-0.2, 0) is 18.9 Å². The highest BCUT2D eigenvalue weighted by atomic mass is 16.7. The minimum absolute atomic E-state index is 0.00858. The van der Waals surface area contributed by atoms with Gasteiger partial charge in [0.1, 0.15) is 13.2 Å². The molecule has 0 aromatic heterocycles. The smallest absolute Gasteiger partial charge is 0.434 e. The van der Waals surface area contributed by atoms with Crippen LogP contribution in [0.5, 0.6) is 0 Å². The molecule has 0 heterocycles. The molecule has 63 heavy (non-hydrogen) atoms. The molecule has 0 aliphatic heterocycles. The van der Waals surface area contributed by atoms with E-state index in [0.717, 1.165) is 19.3 Å². The van der Waals surface area contributed by atoms with Crippen molar-refractivity contribution in [2.45, 2.75) is 310 Å². The molecule has 0 saturated heterocycles. The molecule has 0 aliphatic rings. The van der Waals surface area contributed by atoms with Crippen LogP contribution in [0.2, 0.25) is 0 Å². The average Bonchev–Trinajstić information content (AvgIpc) is 3.29. The van der Waals surface area contributed by atoms with Gasteiger partial charge in [0.25, 0.3) is 0 Å². The summed E-state index contributed by atoms with van der Waals surface area (Å²) in [6.45, 7) is 9.04. The van der Waals surface area contributed by atoms with Crippen LogP contribution in [0.25, 0.3) is 0 Å². The van der Waals surface area contributed by atoms with E-state index in [4.69, 9.17) is 24.1 Å². The van der Waals surface area contributed by atoms with Crippen molar-refractivity contribution in [2.75, 3.05) is 46.2 Å². The normalized spacial score (nSPS) is 11.8. The molecule has 0 atom stereocenters. The zero-order valence-corrected chi connectivity index (χ0v) is 43.3. The van der Waals surface area contributed by atoms with Crippen molar-refractivity contribution >= 4 is 6.16 Å². The average molecular weight is 896 g/mol. The van der Waals surface area contributed by atoms with E-state index in [1.165, 1.54) is 270 Å². The lowest BCUT2D eigenvalue weighted by atomic mass is 9.74. The minimum atomic E-state index is -0.553. The Morgan fingerprint density at radius 3 is 0.825 bits per heavy atom. The lowest BCUT2D eigenvalue weighted by molar-refractivity contribution is -0.0121. The third-order valence-electron chi connectivity index (χ3n) is 13.7. The lowest BCUT2D eigenvalue weighted by Crippen LogP contribution is -2.29. The summed E-state index contributed by atoms with van der Waals surface area (Å²) < 4.78 is 22.3. The van der Waals surface area contributed by atoms with Gasteiger partial charge in [-0.15, -0.1) is 0 Å². The quantitative estimate of drug-likeness (QED) is 0.0484. The highest BCUT2D eigenvalue weighted by Crippen LogP contribution is 2.38. The van der Waals surface area contributed by atoms with E-state index in [2.05, 4.69) is 20.8 Å². The molecule has 0 saturated carbocycles. The molecule has 0 amide bonds. The fraction of sp³-hybridized carbons (Fsp3) is 0.982. The third-order valence-corrected chi connectivity index (χ3v) is 13.7. The molecule has 0 aromatic carbocycles. The largest absolute Gasteiger partial charge is 0.508 e. The van der Waals surface area contributed by atoms with Crippen LogP contribution in [0.15, 0.2) is 0 Å². The van der Waals surface area contributed by atoms with Crippen molar-refractivity contribution in [2.24, 2.45) is 5.41 Å². The summed E-state index contributed by atoms with van der Waals surface area (Å²) in [5.41, 5.74) is 0.0466. The highest BCUT2D eigenvalue weighted by molar-refractivity contribution is 5.59. The summed E-state index contributed by atoms with van der Waals surface area (Å²) in [5, 5.41) is 8.87. The lowest BCUT2D eigenvalue weighted by Gasteiger charge is -2.34. The Morgan fingerprint density at radius 1 is 0.317 bits per heavy atom. The Balaban J connectivity index is 5.03. The van der Waals surface area contributed by atoms with E-state index in [-0.39, 0.29) is 18.6 Å². The summed E-state index contributed by atoms with van der Waals surface area (Å²) in [6.07, 6.45) is 60.8. The van der Waals surface area contributed by atoms with Gasteiger partial charge < -0.3 is 24.1 Å². The summed E-state index contributed by atoms with van der Waals surface area (Å²) in [6, 6.07) is 0. The van der Waals surface area contributed by atoms with E-state index in [1.807, 2.05) is 0 Å². The van der Waals surface area contributed by atoms with Gasteiger partial charge in [0.05, 0.1) is 33.0 Å². The van der Waals surface area contributed by atoms with Gasteiger partial charge in [-0.25, -0.2) is 4.79 Å². The highest BCUT2D eigenvalue weighted by Gasteiger charge is 2.31. The van der Waals surface area contributed by atoms with E-state index < -0.39 is 6.16 Å². The predicted octanol–water partition coefficient (Wildman–Crippen LogP) is 18.8. The summed E-state index contributed by atoms with van der Waals surface area (Å²) in [4.78, 5) is 12.9. The van der Waals surface area contributed by atoms with Crippen molar-refractivity contribution in [3.8, 4) is 0 Å². The SMILES string of the molecule is CCCCCCCCCCCCCCCCC(CCCCCCCCCCCCCCCC)(CCCCCCCCCCCCCCCC)COC(=O)OCCOCCOCCO. The Labute approximate surface area is 395 Å². The molecular weight excluding hydrogens is 781 g/mol. The number of carbonyl (C=O) groups is 1. The molecule has 378 valence electrons. The predicted molar refractivity (Wildman–Crippen MR) is 273 cm³/mol. The van der Waals surface area contributed by atoms with E-state index in [1.54, 1.807) is 0 Å². The Kier molecular flexibility index (Phi) is 53.0. The zero-order valence-electron chi connectivity index (χ0n) is 43.3. The second-order valence-corrected chi connectivity index (χ2v) is 19.9. The van der Waals surface area contributed by atoms with Crippen LogP contribution < -0.4 is 0 Å². The van der Waals surface area contributed by atoms with Gasteiger partial charge in [0, 0.05) is 5.41 Å². The fourth-order valence-corrected chi connectivity index (χ4v) is 9.50. The van der Waals surface area contributed by atoms with Crippen LogP contribution in [0.4, 0.5) is 4.79 Å². The summed E-state index contributed by atoms with van der Waals surface area (Å²) in [7, 11) is 0. The number of unbranched alkanes of at least 4 members (excludes halogenated alkanes) is 39. The van der Waals surface area contributed by atoms with Crippen molar-refractivity contribution in [1.29, 1.82) is 0 Å². The Hall–Kier alpha value is -0.850. The molecule has 0 aromatic rings. The fourth-order valence-electron chi connectivity index (χ4n) is 9.50. The molecule has 0 rings (SSSR count). The first-order valence-corrected chi connectivity index (χ1v) is 28.7. The second-order valence-electron chi connectivity index (χ2n) is 19.9. The van der Waals surface area contributed by atoms with Gasteiger partial charge in [0.2, 0.25) is 0 Å². The van der Waals surface area contributed by atoms with Crippen LogP contribution in [0, 0.1) is 5.41 Å². The van der Waals surface area contributed by atoms with Gasteiger partial charge in [0.15, 0.2) is 0 Å². The molecule has 0 spiro atoms. The number of aliphatic hydroxyl groups excluding tert-OH is 1. The maximum absolute atomic E-state index is 12.9. The van der Waals surface area contributed by atoms with E-state index in [0.29, 0.717) is 33.0 Å². The van der Waals surface area contributed by atoms with Crippen LogP contribution >= 0.6 is 0 Å². The van der Waals surface area contributed by atoms with Crippen molar-refractivity contribution < 1.29 is 28.8 Å². The second kappa shape index (κ2) is 53.8. The molecule has 1 N–H and O–H groups in total. The standard InChI is InChI=1S/C57H114O6/c1-4-7-10-13-16-19-22-25-28-31-34-37-40-43-46-57(55-63-56(59)62-54-53-61-52-51-60-50-49-58,47-44-41-38-35-32-29-26-23-20-17-14-11-8-5-2)48-45-42-39-36-33-30-27-24-21-18-15-12-9-6-3/h58H,4-55H2,1-3H3. The first-order chi connectivity index (χ1) is 31.1. The number of ether oxygens (including phenoxy) is 4. The van der Waals surface area contributed by atoms with Gasteiger partial charge in [-0.3, -0.25) is 0 Å². The number of hydrogen-bond donors (Lipinski definition) is 1. The number of carbonyl (C=O) groups excluding carboxylic acids is 1. The molecule has 6 heteroatoms. The molecule has 0 radical (unpaired) electrons. The van der Waals surface area contributed by atoms with Crippen LogP contribution in [0.3, 0.4) is 0 Å². The zero-order chi connectivity index (χ0) is 45.7. The van der Waals surface area contributed by atoms with Gasteiger partial charge in [-0.05, 0) is 19.3 Å². The van der Waals surface area contributed by atoms with Crippen LogP contribution in [0.1, 0.15) is 310 Å². The van der Waals surface area contributed by atoms with Crippen molar-refractivity contribution in [3.05, 3.63) is 0 Å². The van der Waals surface area contributed by atoms with Crippen LogP contribution in [-0.4, -0.2) is 57.5 Å². The molecule has 0 bridgehead atoms. The minimum Gasteiger partial charge on any atom is -0.434 e. The summed E-state index contributed by atoms with van der Waals surface area (Å²) >= 11 is 0. The topological polar surface area (TPSA) is 74.2 Å². The Morgan fingerprint density at radius 2 is 0.556 bits per heavy atom. The molecule has 0 unspecified atom stereocenters.